The number of allylic oxidation sites excluding steroid dienone is 1. The summed E-state index contributed by atoms with van der Waals surface area (Å²) in [5, 5.41) is 2.76. The average molecular weight is 387 g/mol. The predicted molar refractivity (Wildman–Crippen MR) is 97.1 cm³/mol. The van der Waals surface area contributed by atoms with Crippen molar-refractivity contribution in [2.45, 2.75) is 19.9 Å². The third-order valence-electron chi connectivity index (χ3n) is 3.93. The molecule has 0 saturated carbocycles. The van der Waals surface area contributed by atoms with Gasteiger partial charge in [-0.15, -0.1) is 0 Å². The summed E-state index contributed by atoms with van der Waals surface area (Å²) in [5.74, 6) is 0.403. The third-order valence-corrected chi connectivity index (χ3v) is 5.12. The Kier molecular flexibility index (Phi) is 6.72. The quantitative estimate of drug-likeness (QED) is 0.597. The Morgan fingerprint density at radius 3 is 2.84 bits per heavy atom. The molecule has 2 rings (SSSR count). The van der Waals surface area contributed by atoms with Gasteiger partial charge >= 0.3 is 12.0 Å². The maximum atomic E-state index is 14.3. The van der Waals surface area contributed by atoms with Crippen molar-refractivity contribution in [3.8, 4) is 0 Å². The molecule has 0 unspecified atom stereocenters. The van der Waals surface area contributed by atoms with Gasteiger partial charge in [0.05, 0.1) is 11.6 Å². The van der Waals surface area contributed by atoms with Crippen molar-refractivity contribution in [1.29, 1.82) is 0 Å². The van der Waals surface area contributed by atoms with E-state index in [-0.39, 0.29) is 22.8 Å². The van der Waals surface area contributed by atoms with Gasteiger partial charge in [-0.1, -0.05) is 24.6 Å². The number of thioether (sulfide) groups is 1. The van der Waals surface area contributed by atoms with Crippen LogP contribution in [0.3, 0.4) is 0 Å². The number of carbonyl (C=O) groups excluding carboxylic acids is 2. The number of halogens is 2. The molecular weight excluding hydrogens is 367 g/mol. The zero-order valence-electron chi connectivity index (χ0n) is 14.3. The maximum absolute atomic E-state index is 14.3. The number of urea groups is 1. The highest BCUT2D eigenvalue weighted by Crippen LogP contribution is 2.35. The second kappa shape index (κ2) is 8.58. The molecule has 1 aromatic carbocycles. The lowest BCUT2D eigenvalue weighted by molar-refractivity contribution is -0.139. The van der Waals surface area contributed by atoms with Gasteiger partial charge < -0.3 is 15.0 Å². The number of hydrogen-bond acceptors (Lipinski definition) is 4. The van der Waals surface area contributed by atoms with E-state index in [1.807, 2.05) is 6.92 Å². The lowest BCUT2D eigenvalue weighted by atomic mass is 9.94. The fraction of sp³-hybridized carbons (Fsp3) is 0.412. The van der Waals surface area contributed by atoms with Crippen LogP contribution in [-0.2, 0) is 9.53 Å². The molecular formula is C17H20ClFN2O3S. The van der Waals surface area contributed by atoms with Crippen LogP contribution in [0.2, 0.25) is 5.02 Å². The van der Waals surface area contributed by atoms with Crippen LogP contribution in [-0.4, -0.2) is 42.1 Å². The van der Waals surface area contributed by atoms with Gasteiger partial charge in [0.25, 0.3) is 0 Å². The minimum absolute atomic E-state index is 0.0554. The summed E-state index contributed by atoms with van der Waals surface area (Å²) in [6, 6.07) is 2.78. The van der Waals surface area contributed by atoms with E-state index in [4.69, 9.17) is 16.3 Å². The molecule has 1 aliphatic rings. The van der Waals surface area contributed by atoms with Crippen molar-refractivity contribution < 1.29 is 18.7 Å². The predicted octanol–water partition coefficient (Wildman–Crippen LogP) is 3.75. The van der Waals surface area contributed by atoms with E-state index < -0.39 is 23.9 Å². The molecule has 136 valence electrons. The van der Waals surface area contributed by atoms with Gasteiger partial charge in [-0.3, -0.25) is 0 Å². The van der Waals surface area contributed by atoms with Gasteiger partial charge in [-0.05, 0) is 24.8 Å². The van der Waals surface area contributed by atoms with Gasteiger partial charge in [-0.25, -0.2) is 14.0 Å². The number of nitrogens with one attached hydrogen (secondary N) is 1. The number of nitrogens with zero attached hydrogens (tertiary/aromatic N) is 1. The van der Waals surface area contributed by atoms with Crippen LogP contribution in [0.15, 0.2) is 29.5 Å². The molecule has 2 amide bonds. The zero-order chi connectivity index (χ0) is 18.6. The average Bonchev–Trinajstić information content (AvgIpc) is 2.56. The van der Waals surface area contributed by atoms with Gasteiger partial charge in [0, 0.05) is 29.1 Å². The van der Waals surface area contributed by atoms with E-state index in [1.165, 1.54) is 30.1 Å². The van der Waals surface area contributed by atoms with Crippen LogP contribution in [0.5, 0.6) is 0 Å². The summed E-state index contributed by atoms with van der Waals surface area (Å²) in [6.45, 7) is 3.88. The fourth-order valence-corrected chi connectivity index (χ4v) is 3.28. The fourth-order valence-electron chi connectivity index (χ4n) is 2.52. The molecule has 1 aliphatic heterocycles. The molecule has 1 heterocycles. The molecule has 0 aromatic heterocycles. The summed E-state index contributed by atoms with van der Waals surface area (Å²) in [4.78, 5) is 26.0. The van der Waals surface area contributed by atoms with Crippen molar-refractivity contribution >= 4 is 35.4 Å². The highest BCUT2D eigenvalue weighted by atomic mass is 35.5. The Hall–Kier alpha value is -1.73. The highest BCUT2D eigenvalue weighted by molar-refractivity contribution is 7.99. The van der Waals surface area contributed by atoms with Crippen LogP contribution >= 0.6 is 23.4 Å². The zero-order valence-corrected chi connectivity index (χ0v) is 15.8. The van der Waals surface area contributed by atoms with Crippen LogP contribution in [0.1, 0.15) is 25.5 Å². The molecule has 0 fully saturated rings. The summed E-state index contributed by atoms with van der Waals surface area (Å²) >= 11 is 7.77. The summed E-state index contributed by atoms with van der Waals surface area (Å²) in [7, 11) is 1.53. The third kappa shape index (κ3) is 4.27. The van der Waals surface area contributed by atoms with E-state index in [2.05, 4.69) is 5.32 Å². The second-order valence-corrected chi connectivity index (χ2v) is 7.21. The van der Waals surface area contributed by atoms with Crippen molar-refractivity contribution in [1.82, 2.24) is 10.2 Å². The summed E-state index contributed by atoms with van der Waals surface area (Å²) < 4.78 is 19.7. The van der Waals surface area contributed by atoms with E-state index in [0.29, 0.717) is 11.4 Å². The van der Waals surface area contributed by atoms with Crippen molar-refractivity contribution in [2.24, 2.45) is 0 Å². The smallest absolute Gasteiger partial charge is 0.338 e. The highest BCUT2D eigenvalue weighted by Gasteiger charge is 2.37. The minimum Gasteiger partial charge on any atom is -0.461 e. The Labute approximate surface area is 155 Å². The normalized spacial score (nSPS) is 17.6. The maximum Gasteiger partial charge on any atom is 0.338 e. The Morgan fingerprint density at radius 2 is 2.20 bits per heavy atom. The molecule has 0 aliphatic carbocycles. The number of rotatable bonds is 6. The lowest BCUT2D eigenvalue weighted by Crippen LogP contribution is -2.46. The summed E-state index contributed by atoms with van der Waals surface area (Å²) in [6.07, 6.45) is 0. The molecule has 0 bridgehead atoms. The van der Waals surface area contributed by atoms with Crippen LogP contribution < -0.4 is 5.32 Å². The number of carbonyl (C=O) groups is 2. The van der Waals surface area contributed by atoms with Gasteiger partial charge in [0.1, 0.15) is 12.4 Å². The van der Waals surface area contributed by atoms with Gasteiger partial charge in [0.15, 0.2) is 0 Å². The minimum atomic E-state index is -0.997. The molecule has 5 nitrogen and oxygen atoms in total. The van der Waals surface area contributed by atoms with E-state index >= 15 is 0 Å². The van der Waals surface area contributed by atoms with Crippen LogP contribution in [0.25, 0.3) is 0 Å². The van der Waals surface area contributed by atoms with E-state index in [9.17, 15) is 14.0 Å². The number of benzene rings is 1. The molecule has 1 aromatic rings. The number of esters is 1. The SMILES string of the molecule is CCSCCOC(=O)C1=C(C)N(C)C(=O)N[C@H]1c1c(F)cccc1Cl. The van der Waals surface area contributed by atoms with Crippen LogP contribution in [0, 0.1) is 5.82 Å². The Bertz CT molecular complexity index is 691. The first-order valence-electron chi connectivity index (χ1n) is 7.82. The lowest BCUT2D eigenvalue weighted by Gasteiger charge is -2.33. The monoisotopic (exact) mass is 386 g/mol. The van der Waals surface area contributed by atoms with Crippen LogP contribution in [0.4, 0.5) is 9.18 Å². The molecule has 0 spiro atoms. The number of ether oxygens (including phenoxy) is 1. The first-order valence-corrected chi connectivity index (χ1v) is 9.35. The number of hydrogen-bond donors (Lipinski definition) is 1. The van der Waals surface area contributed by atoms with Gasteiger partial charge in [-0.2, -0.15) is 11.8 Å². The summed E-state index contributed by atoms with van der Waals surface area (Å²) in [5.41, 5.74) is 0.636. The van der Waals surface area contributed by atoms with Gasteiger partial charge in [0.2, 0.25) is 0 Å². The standard InChI is InChI=1S/C17H20ClFN2O3S/c1-4-25-9-8-24-16(22)13-10(2)21(3)17(23)20-15(13)14-11(18)6-5-7-12(14)19/h5-7,15H,4,8-9H2,1-3H3,(H,20,23)/t15-/m1/s1. The topological polar surface area (TPSA) is 58.6 Å². The van der Waals surface area contributed by atoms with Crippen molar-refractivity contribution in [3.63, 3.8) is 0 Å². The molecule has 1 N–H and O–H groups in total. The first kappa shape index (κ1) is 19.6. The second-order valence-electron chi connectivity index (χ2n) is 5.41. The molecule has 8 heteroatoms. The van der Waals surface area contributed by atoms with E-state index in [0.717, 1.165) is 5.75 Å². The first-order chi connectivity index (χ1) is 11.9. The van der Waals surface area contributed by atoms with E-state index in [1.54, 1.807) is 18.7 Å². The van der Waals surface area contributed by atoms with Crippen molar-refractivity contribution in [3.05, 3.63) is 45.9 Å². The molecule has 1 atom stereocenters. The van der Waals surface area contributed by atoms with Crippen molar-refractivity contribution in [2.75, 3.05) is 25.2 Å². The Balaban J connectivity index is 2.39. The largest absolute Gasteiger partial charge is 0.461 e. The Morgan fingerprint density at radius 1 is 1.48 bits per heavy atom. The number of amides is 2. The molecule has 0 radical (unpaired) electrons. The molecule has 25 heavy (non-hydrogen) atoms. The molecule has 0 saturated heterocycles.